The molecule has 0 amide bonds. The van der Waals surface area contributed by atoms with Gasteiger partial charge in [0.25, 0.3) is 5.92 Å². The second-order valence-corrected chi connectivity index (χ2v) is 9.03. The number of H-pyrrole nitrogens is 1. The molecular formula is C25H26F2N2O2. The Morgan fingerprint density at radius 2 is 2.00 bits per heavy atom. The van der Waals surface area contributed by atoms with Gasteiger partial charge in [0.2, 0.25) is 0 Å². The van der Waals surface area contributed by atoms with E-state index in [2.05, 4.69) is 16.0 Å². The van der Waals surface area contributed by atoms with Crippen molar-refractivity contribution in [3.63, 3.8) is 0 Å². The zero-order chi connectivity index (χ0) is 21.8. The van der Waals surface area contributed by atoms with E-state index in [1.807, 2.05) is 31.3 Å². The fourth-order valence-corrected chi connectivity index (χ4v) is 5.29. The number of benzene rings is 2. The average Bonchev–Trinajstić information content (AvgIpc) is 3.09. The summed E-state index contributed by atoms with van der Waals surface area (Å²) in [6, 6.07) is 11.3. The minimum absolute atomic E-state index is 0.0212. The Morgan fingerprint density at radius 1 is 1.26 bits per heavy atom. The molecule has 162 valence electrons. The number of piperidine rings is 1. The molecule has 1 aliphatic heterocycles. The summed E-state index contributed by atoms with van der Waals surface area (Å²) in [4.78, 5) is 16.7. The molecule has 2 fully saturated rings. The van der Waals surface area contributed by atoms with Crippen LogP contribution in [0, 0.1) is 12.3 Å². The number of aromatic nitrogens is 1. The molecule has 2 unspecified atom stereocenters. The quantitative estimate of drug-likeness (QED) is 0.538. The van der Waals surface area contributed by atoms with Crippen LogP contribution in [0.15, 0.2) is 42.6 Å². The summed E-state index contributed by atoms with van der Waals surface area (Å²) in [5.74, 6) is -1.76. The first-order chi connectivity index (χ1) is 14.9. The van der Waals surface area contributed by atoms with Crippen molar-refractivity contribution in [1.29, 1.82) is 0 Å². The van der Waals surface area contributed by atoms with Gasteiger partial charge in [0.05, 0.1) is 7.11 Å². The molecule has 5 rings (SSSR count). The van der Waals surface area contributed by atoms with Gasteiger partial charge in [-0.25, -0.2) is 8.78 Å². The van der Waals surface area contributed by atoms with Crippen LogP contribution in [0.2, 0.25) is 0 Å². The lowest BCUT2D eigenvalue weighted by Gasteiger charge is -2.40. The van der Waals surface area contributed by atoms with Crippen LogP contribution in [0.25, 0.3) is 10.9 Å². The van der Waals surface area contributed by atoms with E-state index in [0.717, 1.165) is 39.6 Å². The van der Waals surface area contributed by atoms with Gasteiger partial charge in [-0.05, 0) is 49.6 Å². The summed E-state index contributed by atoms with van der Waals surface area (Å²) >= 11 is 0. The number of rotatable bonds is 5. The minimum Gasteiger partial charge on any atom is -0.496 e. The SMILES string of the molecule is COc1cc(C)c2[nH]ccc2c1CN1CCC2(CC1c1ccc(C=O)cc1)CC2(F)F. The van der Waals surface area contributed by atoms with E-state index in [0.29, 0.717) is 31.5 Å². The van der Waals surface area contributed by atoms with E-state index in [1.165, 1.54) is 0 Å². The summed E-state index contributed by atoms with van der Waals surface area (Å²) in [5, 5.41) is 1.10. The van der Waals surface area contributed by atoms with Gasteiger partial charge in [-0.3, -0.25) is 9.69 Å². The number of aryl methyl sites for hydroxylation is 1. The average molecular weight is 424 g/mol. The van der Waals surface area contributed by atoms with Crippen LogP contribution >= 0.6 is 0 Å². The van der Waals surface area contributed by atoms with Crippen molar-refractivity contribution in [3.8, 4) is 5.75 Å². The Balaban J connectivity index is 1.53. The molecule has 2 atom stereocenters. The molecule has 1 saturated heterocycles. The smallest absolute Gasteiger partial charge is 0.254 e. The van der Waals surface area contributed by atoms with Crippen LogP contribution in [-0.4, -0.2) is 35.7 Å². The van der Waals surface area contributed by atoms with E-state index in [4.69, 9.17) is 4.74 Å². The predicted molar refractivity (Wildman–Crippen MR) is 116 cm³/mol. The first kappa shape index (κ1) is 20.2. The maximum atomic E-state index is 14.3. The number of hydrogen-bond acceptors (Lipinski definition) is 3. The van der Waals surface area contributed by atoms with Gasteiger partial charge in [0.1, 0.15) is 12.0 Å². The van der Waals surface area contributed by atoms with E-state index < -0.39 is 11.3 Å². The molecule has 1 N–H and O–H groups in total. The molecule has 1 spiro atoms. The number of hydrogen-bond donors (Lipinski definition) is 1. The monoisotopic (exact) mass is 424 g/mol. The van der Waals surface area contributed by atoms with Crippen LogP contribution < -0.4 is 4.74 Å². The van der Waals surface area contributed by atoms with Crippen LogP contribution in [0.4, 0.5) is 8.78 Å². The number of ether oxygens (including phenoxy) is 1. The van der Waals surface area contributed by atoms with Gasteiger partial charge >= 0.3 is 0 Å². The number of likely N-dealkylation sites (tertiary alicyclic amines) is 1. The fraction of sp³-hybridized carbons (Fsp3) is 0.400. The van der Waals surface area contributed by atoms with Crippen LogP contribution in [-0.2, 0) is 6.54 Å². The molecular weight excluding hydrogens is 398 g/mol. The molecule has 0 radical (unpaired) electrons. The lowest BCUT2D eigenvalue weighted by molar-refractivity contribution is 0.00632. The molecule has 2 heterocycles. The van der Waals surface area contributed by atoms with Crippen molar-refractivity contribution in [3.05, 3.63) is 64.8 Å². The fourth-order valence-electron chi connectivity index (χ4n) is 5.29. The number of fused-ring (bicyclic) bond motifs is 1. The van der Waals surface area contributed by atoms with E-state index in [-0.39, 0.29) is 12.5 Å². The van der Waals surface area contributed by atoms with Gasteiger partial charge < -0.3 is 9.72 Å². The number of carbonyl (C=O) groups is 1. The zero-order valence-corrected chi connectivity index (χ0v) is 17.8. The maximum Gasteiger partial charge on any atom is 0.254 e. The zero-order valence-electron chi connectivity index (χ0n) is 17.8. The third kappa shape index (κ3) is 3.24. The third-order valence-electron chi connectivity index (χ3n) is 7.26. The molecule has 2 aromatic carbocycles. The second-order valence-electron chi connectivity index (χ2n) is 9.03. The van der Waals surface area contributed by atoms with Crippen LogP contribution in [0.3, 0.4) is 0 Å². The molecule has 0 bridgehead atoms. The Morgan fingerprint density at radius 3 is 2.65 bits per heavy atom. The van der Waals surface area contributed by atoms with Gasteiger partial charge in [0, 0.05) is 52.6 Å². The summed E-state index contributed by atoms with van der Waals surface area (Å²) in [6.45, 7) is 3.25. The summed E-state index contributed by atoms with van der Waals surface area (Å²) in [6.07, 6.45) is 3.62. The number of nitrogens with zero attached hydrogens (tertiary/aromatic N) is 1. The van der Waals surface area contributed by atoms with Crippen molar-refractivity contribution < 1.29 is 18.3 Å². The molecule has 6 heteroatoms. The van der Waals surface area contributed by atoms with Crippen molar-refractivity contribution >= 4 is 17.2 Å². The van der Waals surface area contributed by atoms with E-state index in [9.17, 15) is 13.6 Å². The van der Waals surface area contributed by atoms with Crippen molar-refractivity contribution in [2.75, 3.05) is 13.7 Å². The highest BCUT2D eigenvalue weighted by atomic mass is 19.3. The number of nitrogens with one attached hydrogen (secondary N) is 1. The molecule has 1 aromatic heterocycles. The lowest BCUT2D eigenvalue weighted by Crippen LogP contribution is -2.39. The van der Waals surface area contributed by atoms with E-state index in [1.54, 1.807) is 19.2 Å². The van der Waals surface area contributed by atoms with Crippen molar-refractivity contribution in [2.24, 2.45) is 5.41 Å². The first-order valence-electron chi connectivity index (χ1n) is 10.7. The highest BCUT2D eigenvalue weighted by Gasteiger charge is 2.71. The highest BCUT2D eigenvalue weighted by Crippen LogP contribution is 2.68. The number of halogens is 2. The van der Waals surface area contributed by atoms with Crippen molar-refractivity contribution in [2.45, 2.75) is 44.7 Å². The third-order valence-corrected chi connectivity index (χ3v) is 7.26. The molecule has 31 heavy (non-hydrogen) atoms. The molecule has 2 aliphatic rings. The largest absolute Gasteiger partial charge is 0.496 e. The summed E-state index contributed by atoms with van der Waals surface area (Å²) in [7, 11) is 1.67. The number of aromatic amines is 1. The Kier molecular flexibility index (Phi) is 4.66. The summed E-state index contributed by atoms with van der Waals surface area (Å²) in [5.41, 5.74) is 3.92. The van der Waals surface area contributed by atoms with Gasteiger partial charge in [-0.2, -0.15) is 0 Å². The summed E-state index contributed by atoms with van der Waals surface area (Å²) < 4.78 is 34.3. The predicted octanol–water partition coefficient (Wildman–Crippen LogP) is 5.66. The van der Waals surface area contributed by atoms with Crippen molar-refractivity contribution in [1.82, 2.24) is 9.88 Å². The Bertz CT molecular complexity index is 1140. The normalized spacial score (nSPS) is 25.1. The standard InChI is InChI=1S/C25H26F2N2O2/c1-16-11-22(31-2)20(19-7-9-28-23(16)19)13-29-10-8-24(15-25(24,26)27)12-21(29)18-5-3-17(14-30)4-6-18/h3-7,9,11,14,21,28H,8,10,12-13,15H2,1-2H3. The van der Waals surface area contributed by atoms with Gasteiger partial charge in [0.15, 0.2) is 0 Å². The lowest BCUT2D eigenvalue weighted by atomic mass is 9.83. The number of alkyl halides is 2. The molecule has 1 aliphatic carbocycles. The molecule has 3 aromatic rings. The van der Waals surface area contributed by atoms with Gasteiger partial charge in [-0.1, -0.05) is 24.3 Å². The molecule has 4 nitrogen and oxygen atoms in total. The topological polar surface area (TPSA) is 45.3 Å². The van der Waals surface area contributed by atoms with Crippen LogP contribution in [0.1, 0.15) is 52.4 Å². The Hall–Kier alpha value is -2.73. The number of methoxy groups -OCH3 is 1. The first-order valence-corrected chi connectivity index (χ1v) is 10.7. The highest BCUT2D eigenvalue weighted by molar-refractivity contribution is 5.88. The minimum atomic E-state index is -2.57. The Labute approximate surface area is 180 Å². The number of aldehydes is 1. The second kappa shape index (κ2) is 7.16. The van der Waals surface area contributed by atoms with Crippen LogP contribution in [0.5, 0.6) is 5.75 Å². The van der Waals surface area contributed by atoms with Gasteiger partial charge in [-0.15, -0.1) is 0 Å². The maximum absolute atomic E-state index is 14.3. The molecule has 1 saturated carbocycles. The number of carbonyl (C=O) groups excluding carboxylic acids is 1. The van der Waals surface area contributed by atoms with E-state index >= 15 is 0 Å².